The Balaban J connectivity index is 0.00000131. The zero-order chi connectivity index (χ0) is 17.4. The second-order valence-corrected chi connectivity index (χ2v) is 6.38. The van der Waals surface area contributed by atoms with Crippen LogP contribution in [0.5, 0.6) is 0 Å². The molecule has 1 fully saturated rings. The number of pyridine rings is 1. The largest absolute Gasteiger partial charge is 0.336 e. The first-order valence-corrected chi connectivity index (χ1v) is 8.40. The van der Waals surface area contributed by atoms with Crippen molar-refractivity contribution in [3.05, 3.63) is 47.9 Å². The van der Waals surface area contributed by atoms with Gasteiger partial charge in [-0.15, -0.1) is 29.9 Å². The molecule has 0 aliphatic carbocycles. The number of nitrogens with zero attached hydrogens (tertiary/aromatic N) is 5. The molecule has 1 unspecified atom stereocenters. The molecular formula is C18H22Cl2N6O. The SMILES string of the molecule is Cc1c(C(=O)N(C)C2CCNC2)nnn1-c1ccc2ncccc2c1.Cl.Cl. The minimum atomic E-state index is -0.0834. The molecule has 0 radical (unpaired) electrons. The number of halogens is 2. The van der Waals surface area contributed by atoms with Gasteiger partial charge in [0.1, 0.15) is 0 Å². The second kappa shape index (κ2) is 8.65. The molecule has 0 spiro atoms. The molecule has 3 heterocycles. The van der Waals surface area contributed by atoms with Gasteiger partial charge in [0.25, 0.3) is 5.91 Å². The number of rotatable bonds is 3. The van der Waals surface area contributed by atoms with E-state index in [-0.39, 0.29) is 36.8 Å². The van der Waals surface area contributed by atoms with Crippen LogP contribution in [0.3, 0.4) is 0 Å². The molecule has 0 saturated carbocycles. The molecule has 7 nitrogen and oxygen atoms in total. The number of likely N-dealkylation sites (N-methyl/N-ethyl adjacent to an activating group) is 1. The minimum absolute atomic E-state index is 0. The number of amides is 1. The Bertz CT molecular complexity index is 939. The zero-order valence-electron chi connectivity index (χ0n) is 15.1. The average Bonchev–Trinajstić information content (AvgIpc) is 3.30. The quantitative estimate of drug-likeness (QED) is 0.719. The number of carbonyl (C=O) groups excluding carboxylic acids is 1. The van der Waals surface area contributed by atoms with Crippen molar-refractivity contribution in [3.8, 4) is 5.69 Å². The van der Waals surface area contributed by atoms with Crippen LogP contribution in [0.2, 0.25) is 0 Å². The molecule has 0 bridgehead atoms. The molecule has 1 atom stereocenters. The van der Waals surface area contributed by atoms with Crippen molar-refractivity contribution in [3.63, 3.8) is 0 Å². The van der Waals surface area contributed by atoms with Gasteiger partial charge in [-0.3, -0.25) is 9.78 Å². The standard InChI is InChI=1S/C18H20N6O.2ClH/c1-12-17(18(25)23(2)15-7-9-19-11-15)21-22-24(12)14-5-6-16-13(10-14)4-3-8-20-16;;/h3-6,8,10,15,19H,7,9,11H2,1-2H3;2*1H. The first-order valence-electron chi connectivity index (χ1n) is 8.40. The van der Waals surface area contributed by atoms with Crippen LogP contribution in [0.1, 0.15) is 22.6 Å². The Kier molecular flexibility index (Phi) is 6.75. The number of aromatic nitrogens is 4. The predicted octanol–water partition coefficient (Wildman–Crippen LogP) is 2.40. The van der Waals surface area contributed by atoms with E-state index in [1.165, 1.54) is 0 Å². The van der Waals surface area contributed by atoms with Gasteiger partial charge in [0.05, 0.1) is 16.9 Å². The van der Waals surface area contributed by atoms with E-state index >= 15 is 0 Å². The van der Waals surface area contributed by atoms with E-state index in [0.29, 0.717) is 5.69 Å². The second-order valence-electron chi connectivity index (χ2n) is 6.38. The minimum Gasteiger partial charge on any atom is -0.336 e. The first-order chi connectivity index (χ1) is 12.1. The molecule has 9 heteroatoms. The van der Waals surface area contributed by atoms with Gasteiger partial charge in [-0.1, -0.05) is 11.3 Å². The van der Waals surface area contributed by atoms with Crippen molar-refractivity contribution >= 4 is 41.6 Å². The maximum atomic E-state index is 12.8. The fourth-order valence-electron chi connectivity index (χ4n) is 3.27. The summed E-state index contributed by atoms with van der Waals surface area (Å²) in [5.74, 6) is -0.0834. The number of nitrogens with one attached hydrogen (secondary N) is 1. The van der Waals surface area contributed by atoms with Gasteiger partial charge in [0.2, 0.25) is 0 Å². The summed E-state index contributed by atoms with van der Waals surface area (Å²) in [5.41, 5.74) is 2.94. The van der Waals surface area contributed by atoms with Crippen molar-refractivity contribution in [2.45, 2.75) is 19.4 Å². The Hall–Kier alpha value is -2.22. The fraction of sp³-hybridized carbons (Fsp3) is 0.333. The van der Waals surface area contributed by atoms with E-state index in [4.69, 9.17) is 0 Å². The van der Waals surface area contributed by atoms with Gasteiger partial charge < -0.3 is 10.2 Å². The lowest BCUT2D eigenvalue weighted by molar-refractivity contribution is 0.0737. The van der Waals surface area contributed by atoms with Crippen LogP contribution in [0.4, 0.5) is 0 Å². The van der Waals surface area contributed by atoms with E-state index in [1.54, 1.807) is 15.8 Å². The van der Waals surface area contributed by atoms with Crippen LogP contribution in [0, 0.1) is 6.92 Å². The van der Waals surface area contributed by atoms with Gasteiger partial charge in [-0.2, -0.15) is 0 Å². The first kappa shape index (κ1) is 21.1. The summed E-state index contributed by atoms with van der Waals surface area (Å²) < 4.78 is 1.71. The monoisotopic (exact) mass is 408 g/mol. The van der Waals surface area contributed by atoms with Crippen molar-refractivity contribution in [1.29, 1.82) is 0 Å². The van der Waals surface area contributed by atoms with Crippen LogP contribution >= 0.6 is 24.8 Å². The lowest BCUT2D eigenvalue weighted by atomic mass is 10.2. The number of carbonyl (C=O) groups is 1. The molecule has 1 aliphatic rings. The number of hydrogen-bond donors (Lipinski definition) is 1. The number of fused-ring (bicyclic) bond motifs is 1. The van der Waals surface area contributed by atoms with E-state index in [1.807, 2.05) is 44.3 Å². The van der Waals surface area contributed by atoms with Crippen LogP contribution < -0.4 is 5.32 Å². The third-order valence-electron chi connectivity index (χ3n) is 4.83. The van der Waals surface area contributed by atoms with Crippen LogP contribution in [0.15, 0.2) is 36.5 Å². The molecule has 1 amide bonds. The highest BCUT2D eigenvalue weighted by Gasteiger charge is 2.27. The fourth-order valence-corrected chi connectivity index (χ4v) is 3.27. The number of benzene rings is 1. The maximum absolute atomic E-state index is 12.8. The molecule has 144 valence electrons. The van der Waals surface area contributed by atoms with E-state index < -0.39 is 0 Å². The van der Waals surface area contributed by atoms with Gasteiger partial charge in [-0.05, 0) is 44.2 Å². The summed E-state index contributed by atoms with van der Waals surface area (Å²) in [6.07, 6.45) is 2.74. The predicted molar refractivity (Wildman–Crippen MR) is 109 cm³/mol. The lowest BCUT2D eigenvalue weighted by Crippen LogP contribution is -2.38. The lowest BCUT2D eigenvalue weighted by Gasteiger charge is -2.22. The highest BCUT2D eigenvalue weighted by molar-refractivity contribution is 5.93. The Labute approximate surface area is 170 Å². The Morgan fingerprint density at radius 3 is 2.85 bits per heavy atom. The maximum Gasteiger partial charge on any atom is 0.276 e. The van der Waals surface area contributed by atoms with E-state index in [0.717, 1.165) is 41.8 Å². The summed E-state index contributed by atoms with van der Waals surface area (Å²) in [5, 5.41) is 12.7. The Morgan fingerprint density at radius 1 is 1.30 bits per heavy atom. The van der Waals surface area contributed by atoms with Gasteiger partial charge in [0, 0.05) is 31.2 Å². The summed E-state index contributed by atoms with van der Waals surface area (Å²) in [6, 6.07) is 10.0. The average molecular weight is 409 g/mol. The van der Waals surface area contributed by atoms with Crippen molar-refractivity contribution in [2.24, 2.45) is 0 Å². The molecule has 1 saturated heterocycles. The highest BCUT2D eigenvalue weighted by atomic mass is 35.5. The van der Waals surface area contributed by atoms with Crippen molar-refractivity contribution in [1.82, 2.24) is 30.2 Å². The van der Waals surface area contributed by atoms with Crippen molar-refractivity contribution < 1.29 is 4.79 Å². The summed E-state index contributed by atoms with van der Waals surface area (Å²) in [6.45, 7) is 3.65. The molecule has 1 aliphatic heterocycles. The molecule has 27 heavy (non-hydrogen) atoms. The van der Waals surface area contributed by atoms with Crippen LogP contribution in [0.25, 0.3) is 16.6 Å². The van der Waals surface area contributed by atoms with Gasteiger partial charge >= 0.3 is 0 Å². The number of hydrogen-bond acceptors (Lipinski definition) is 5. The topological polar surface area (TPSA) is 75.9 Å². The molecule has 1 aromatic carbocycles. The van der Waals surface area contributed by atoms with Gasteiger partial charge in [-0.25, -0.2) is 4.68 Å². The zero-order valence-corrected chi connectivity index (χ0v) is 16.8. The van der Waals surface area contributed by atoms with Crippen LogP contribution in [-0.4, -0.2) is 57.0 Å². The third-order valence-corrected chi connectivity index (χ3v) is 4.83. The molecular weight excluding hydrogens is 387 g/mol. The Morgan fingerprint density at radius 2 is 2.11 bits per heavy atom. The molecule has 3 aromatic rings. The highest BCUT2D eigenvalue weighted by Crippen LogP contribution is 2.19. The van der Waals surface area contributed by atoms with E-state index in [2.05, 4.69) is 20.6 Å². The molecule has 1 N–H and O–H groups in total. The van der Waals surface area contributed by atoms with Crippen molar-refractivity contribution in [2.75, 3.05) is 20.1 Å². The third kappa shape index (κ3) is 3.90. The van der Waals surface area contributed by atoms with Crippen LogP contribution in [-0.2, 0) is 0 Å². The summed E-state index contributed by atoms with van der Waals surface area (Å²) in [7, 11) is 1.83. The normalized spacial score (nSPS) is 15.9. The van der Waals surface area contributed by atoms with E-state index in [9.17, 15) is 4.79 Å². The molecule has 2 aromatic heterocycles. The molecule has 4 rings (SSSR count). The van der Waals surface area contributed by atoms with Gasteiger partial charge in [0.15, 0.2) is 5.69 Å². The summed E-state index contributed by atoms with van der Waals surface area (Å²) >= 11 is 0. The smallest absolute Gasteiger partial charge is 0.276 e. The summed E-state index contributed by atoms with van der Waals surface area (Å²) in [4.78, 5) is 18.9.